The molecule has 0 radical (unpaired) electrons. The van der Waals surface area contributed by atoms with Gasteiger partial charge in [0.1, 0.15) is 0 Å². The van der Waals surface area contributed by atoms with Crippen LogP contribution in [-0.2, 0) is 11.3 Å². The lowest BCUT2D eigenvalue weighted by Gasteiger charge is -2.34. The molecule has 6 heteroatoms. The highest BCUT2D eigenvalue weighted by molar-refractivity contribution is 5.81. The zero-order valence-corrected chi connectivity index (χ0v) is 17.6. The molecule has 1 N–H and O–H groups in total. The third kappa shape index (κ3) is 5.64. The molecular weight excluding hydrogens is 366 g/mol. The van der Waals surface area contributed by atoms with Gasteiger partial charge in [0.25, 0.3) is 5.91 Å². The smallest absolute Gasteiger partial charge is 0.261 e. The monoisotopic (exact) mass is 397 g/mol. The summed E-state index contributed by atoms with van der Waals surface area (Å²) < 4.78 is 11.2. The second-order valence-electron chi connectivity index (χ2n) is 7.34. The Balaban J connectivity index is 1.53. The number of anilines is 1. The highest BCUT2D eigenvalue weighted by Gasteiger charge is 2.20. The third-order valence-electron chi connectivity index (χ3n) is 5.27. The van der Waals surface area contributed by atoms with Crippen molar-refractivity contribution in [1.82, 2.24) is 10.2 Å². The average molecular weight is 398 g/mol. The normalized spacial score (nSPS) is 15.6. The number of likely N-dealkylation sites (N-methyl/N-ethyl adjacent to an activating group) is 1. The minimum Gasteiger partial charge on any atom is -0.493 e. The van der Waals surface area contributed by atoms with Crippen molar-refractivity contribution < 1.29 is 14.3 Å². The van der Waals surface area contributed by atoms with E-state index < -0.39 is 6.10 Å². The number of nitrogens with zero attached hydrogens (tertiary/aromatic N) is 2. The van der Waals surface area contributed by atoms with Crippen LogP contribution in [0.3, 0.4) is 0 Å². The molecule has 1 saturated heterocycles. The number of methoxy groups -OCH3 is 1. The number of benzene rings is 2. The second-order valence-corrected chi connectivity index (χ2v) is 7.34. The first-order chi connectivity index (χ1) is 14.1. The van der Waals surface area contributed by atoms with Gasteiger partial charge in [0.05, 0.1) is 7.11 Å². The van der Waals surface area contributed by atoms with Crippen molar-refractivity contribution in [2.75, 3.05) is 45.2 Å². The first-order valence-corrected chi connectivity index (χ1v) is 10.2. The fourth-order valence-corrected chi connectivity index (χ4v) is 3.38. The number of hydrogen-bond donors (Lipinski definition) is 1. The quantitative estimate of drug-likeness (QED) is 0.742. The van der Waals surface area contributed by atoms with Gasteiger partial charge in [0.15, 0.2) is 17.6 Å². The summed E-state index contributed by atoms with van der Waals surface area (Å²) in [5.41, 5.74) is 2.31. The van der Waals surface area contributed by atoms with Gasteiger partial charge in [-0.1, -0.05) is 31.2 Å². The summed E-state index contributed by atoms with van der Waals surface area (Å²) in [5, 5.41) is 2.99. The van der Waals surface area contributed by atoms with Gasteiger partial charge >= 0.3 is 0 Å². The van der Waals surface area contributed by atoms with Gasteiger partial charge in [-0.05, 0) is 43.3 Å². The molecule has 0 spiro atoms. The zero-order valence-electron chi connectivity index (χ0n) is 17.6. The molecule has 0 unspecified atom stereocenters. The Morgan fingerprint density at radius 3 is 2.31 bits per heavy atom. The maximum atomic E-state index is 12.6. The van der Waals surface area contributed by atoms with E-state index in [4.69, 9.17) is 9.47 Å². The average Bonchev–Trinajstić information content (AvgIpc) is 2.77. The standard InChI is InChI=1S/C23H31N3O3/c1-4-20(29-22-8-6-5-7-21(22)28-3)23(27)24-17-18-9-11-19(12-10-18)26-15-13-25(2)14-16-26/h5-12,20H,4,13-17H2,1-3H3,(H,24,27)/t20-/m0/s1. The van der Waals surface area contributed by atoms with Crippen LogP contribution in [0.25, 0.3) is 0 Å². The molecule has 0 saturated carbocycles. The summed E-state index contributed by atoms with van der Waals surface area (Å²) in [6, 6.07) is 15.8. The number of hydrogen-bond acceptors (Lipinski definition) is 5. The van der Waals surface area contributed by atoms with Crippen molar-refractivity contribution in [1.29, 1.82) is 0 Å². The number of carbonyl (C=O) groups excluding carboxylic acids is 1. The fraction of sp³-hybridized carbons (Fsp3) is 0.435. The van der Waals surface area contributed by atoms with Gasteiger partial charge in [-0.3, -0.25) is 4.79 Å². The van der Waals surface area contributed by atoms with Gasteiger partial charge in [-0.2, -0.15) is 0 Å². The molecule has 0 bridgehead atoms. The lowest BCUT2D eigenvalue weighted by molar-refractivity contribution is -0.128. The van der Waals surface area contributed by atoms with Crippen LogP contribution in [0.15, 0.2) is 48.5 Å². The van der Waals surface area contributed by atoms with E-state index >= 15 is 0 Å². The Kier molecular flexibility index (Phi) is 7.36. The molecule has 1 fully saturated rings. The zero-order chi connectivity index (χ0) is 20.6. The van der Waals surface area contributed by atoms with E-state index in [1.54, 1.807) is 7.11 Å². The van der Waals surface area contributed by atoms with E-state index in [2.05, 4.69) is 46.4 Å². The number of nitrogens with one attached hydrogen (secondary N) is 1. The Bertz CT molecular complexity index is 786. The largest absolute Gasteiger partial charge is 0.493 e. The van der Waals surface area contributed by atoms with Crippen molar-refractivity contribution in [2.45, 2.75) is 26.0 Å². The summed E-state index contributed by atoms with van der Waals surface area (Å²) in [6.07, 6.45) is 0.0163. The SMILES string of the molecule is CC[C@H](Oc1ccccc1OC)C(=O)NCc1ccc(N2CCN(C)CC2)cc1. The van der Waals surface area contributed by atoms with Gasteiger partial charge in [-0.15, -0.1) is 0 Å². The second kappa shape index (κ2) is 10.2. The number of amides is 1. The number of carbonyl (C=O) groups is 1. The fourth-order valence-electron chi connectivity index (χ4n) is 3.38. The number of rotatable bonds is 8. The van der Waals surface area contributed by atoms with Gasteiger partial charge < -0.3 is 24.6 Å². The summed E-state index contributed by atoms with van der Waals surface area (Å²) in [5.74, 6) is 1.08. The summed E-state index contributed by atoms with van der Waals surface area (Å²) in [7, 11) is 3.75. The maximum Gasteiger partial charge on any atom is 0.261 e. The molecule has 29 heavy (non-hydrogen) atoms. The van der Waals surface area contributed by atoms with Crippen molar-refractivity contribution in [3.05, 3.63) is 54.1 Å². The van der Waals surface area contributed by atoms with Crippen LogP contribution in [0.2, 0.25) is 0 Å². The molecule has 1 amide bonds. The Labute approximate surface area is 173 Å². The van der Waals surface area contributed by atoms with Crippen LogP contribution in [0.4, 0.5) is 5.69 Å². The minimum absolute atomic E-state index is 0.124. The lowest BCUT2D eigenvalue weighted by atomic mass is 10.1. The van der Waals surface area contributed by atoms with E-state index in [9.17, 15) is 4.79 Å². The van der Waals surface area contributed by atoms with E-state index in [-0.39, 0.29) is 5.91 Å². The number of ether oxygens (including phenoxy) is 2. The Morgan fingerprint density at radius 2 is 1.69 bits per heavy atom. The molecule has 1 aliphatic rings. The van der Waals surface area contributed by atoms with Crippen molar-refractivity contribution in [3.8, 4) is 11.5 Å². The molecule has 0 aliphatic carbocycles. The van der Waals surface area contributed by atoms with Crippen LogP contribution in [-0.4, -0.2) is 57.2 Å². The van der Waals surface area contributed by atoms with Crippen LogP contribution in [0.5, 0.6) is 11.5 Å². The van der Waals surface area contributed by atoms with Gasteiger partial charge in [0, 0.05) is 38.4 Å². The van der Waals surface area contributed by atoms with E-state index in [1.165, 1.54) is 5.69 Å². The molecule has 3 rings (SSSR count). The summed E-state index contributed by atoms with van der Waals surface area (Å²) >= 11 is 0. The minimum atomic E-state index is -0.559. The topological polar surface area (TPSA) is 54.0 Å². The molecule has 156 valence electrons. The first kappa shape index (κ1) is 21.0. The number of para-hydroxylation sites is 2. The molecule has 6 nitrogen and oxygen atoms in total. The number of piperazine rings is 1. The molecule has 1 heterocycles. The Hall–Kier alpha value is -2.73. The highest BCUT2D eigenvalue weighted by Crippen LogP contribution is 2.27. The highest BCUT2D eigenvalue weighted by atomic mass is 16.5. The third-order valence-corrected chi connectivity index (χ3v) is 5.27. The molecule has 1 aliphatic heterocycles. The molecule has 0 aromatic heterocycles. The van der Waals surface area contributed by atoms with Crippen LogP contribution in [0, 0.1) is 0 Å². The molecule has 2 aromatic carbocycles. The van der Waals surface area contributed by atoms with E-state index in [0.717, 1.165) is 31.7 Å². The maximum absolute atomic E-state index is 12.6. The van der Waals surface area contributed by atoms with Crippen molar-refractivity contribution in [2.24, 2.45) is 0 Å². The lowest BCUT2D eigenvalue weighted by Crippen LogP contribution is -2.44. The van der Waals surface area contributed by atoms with E-state index in [1.807, 2.05) is 31.2 Å². The molecular formula is C23H31N3O3. The van der Waals surface area contributed by atoms with Crippen molar-refractivity contribution in [3.63, 3.8) is 0 Å². The predicted molar refractivity (Wildman–Crippen MR) is 116 cm³/mol. The summed E-state index contributed by atoms with van der Waals surface area (Å²) in [4.78, 5) is 17.4. The molecule has 2 aromatic rings. The van der Waals surface area contributed by atoms with Gasteiger partial charge in [-0.25, -0.2) is 0 Å². The summed E-state index contributed by atoms with van der Waals surface area (Å²) in [6.45, 7) is 6.68. The van der Waals surface area contributed by atoms with Crippen LogP contribution >= 0.6 is 0 Å². The Morgan fingerprint density at radius 1 is 1.03 bits per heavy atom. The molecule has 1 atom stereocenters. The van der Waals surface area contributed by atoms with Crippen molar-refractivity contribution >= 4 is 11.6 Å². The van der Waals surface area contributed by atoms with Gasteiger partial charge in [0.2, 0.25) is 0 Å². The van der Waals surface area contributed by atoms with Crippen LogP contribution in [0.1, 0.15) is 18.9 Å². The predicted octanol–water partition coefficient (Wildman–Crippen LogP) is 2.92. The first-order valence-electron chi connectivity index (χ1n) is 10.2. The van der Waals surface area contributed by atoms with E-state index in [0.29, 0.717) is 24.5 Å². The van der Waals surface area contributed by atoms with Crippen LogP contribution < -0.4 is 19.7 Å².